The Morgan fingerprint density at radius 3 is 2.40 bits per heavy atom. The minimum atomic E-state index is -0.810. The van der Waals surface area contributed by atoms with Gasteiger partial charge < -0.3 is 10.2 Å². The van der Waals surface area contributed by atoms with E-state index in [4.69, 9.17) is 0 Å². The zero-order valence-corrected chi connectivity index (χ0v) is 12.6. The SMILES string of the molecule is CC1=NN(c2ccccc2)C(O)C1C(O)CC(C)(C)C. The van der Waals surface area contributed by atoms with Crippen LogP contribution in [-0.4, -0.2) is 28.3 Å². The lowest BCUT2D eigenvalue weighted by atomic mass is 9.83. The third kappa shape index (κ3) is 3.19. The summed E-state index contributed by atoms with van der Waals surface area (Å²) >= 11 is 0. The molecule has 3 atom stereocenters. The van der Waals surface area contributed by atoms with Crippen molar-refractivity contribution in [2.45, 2.75) is 46.4 Å². The van der Waals surface area contributed by atoms with Crippen molar-refractivity contribution in [2.24, 2.45) is 16.4 Å². The van der Waals surface area contributed by atoms with E-state index in [1.165, 1.54) is 0 Å². The molecule has 3 unspecified atom stereocenters. The average molecular weight is 276 g/mol. The summed E-state index contributed by atoms with van der Waals surface area (Å²) in [7, 11) is 0. The molecule has 1 aromatic carbocycles. The van der Waals surface area contributed by atoms with Crippen LogP contribution in [0.15, 0.2) is 35.4 Å². The first-order valence-electron chi connectivity index (χ1n) is 7.05. The maximum atomic E-state index is 10.5. The highest BCUT2D eigenvalue weighted by atomic mass is 16.3. The first-order chi connectivity index (χ1) is 9.29. The largest absolute Gasteiger partial charge is 0.392 e. The third-order valence-corrected chi connectivity index (χ3v) is 3.58. The molecule has 0 spiro atoms. The van der Waals surface area contributed by atoms with Crippen molar-refractivity contribution in [1.29, 1.82) is 0 Å². The first kappa shape index (κ1) is 15.0. The standard InChI is InChI=1S/C16H24N2O2/c1-11-14(13(19)10-16(2,3)4)15(20)18(17-11)12-8-6-5-7-9-12/h5-9,13-15,19-20H,10H2,1-4H3. The van der Waals surface area contributed by atoms with E-state index in [9.17, 15) is 10.2 Å². The van der Waals surface area contributed by atoms with Gasteiger partial charge in [0.05, 0.1) is 17.7 Å². The van der Waals surface area contributed by atoms with Gasteiger partial charge in [0.1, 0.15) is 0 Å². The Bertz CT molecular complexity index is 479. The van der Waals surface area contributed by atoms with Gasteiger partial charge in [0, 0.05) is 5.71 Å². The second-order valence-electron chi connectivity index (χ2n) is 6.69. The lowest BCUT2D eigenvalue weighted by Gasteiger charge is -2.30. The predicted molar refractivity (Wildman–Crippen MR) is 81.6 cm³/mol. The van der Waals surface area contributed by atoms with E-state index in [0.29, 0.717) is 6.42 Å². The van der Waals surface area contributed by atoms with Crippen molar-refractivity contribution in [3.63, 3.8) is 0 Å². The number of aliphatic hydroxyl groups is 2. The molecule has 4 nitrogen and oxygen atoms in total. The van der Waals surface area contributed by atoms with Crippen LogP contribution in [0.4, 0.5) is 5.69 Å². The molecule has 2 N–H and O–H groups in total. The number of benzene rings is 1. The Kier molecular flexibility index (Phi) is 4.16. The molecule has 0 aromatic heterocycles. The van der Waals surface area contributed by atoms with Crippen molar-refractivity contribution in [3.05, 3.63) is 30.3 Å². The van der Waals surface area contributed by atoms with Gasteiger partial charge in [-0.15, -0.1) is 0 Å². The van der Waals surface area contributed by atoms with Crippen molar-refractivity contribution < 1.29 is 10.2 Å². The summed E-state index contributed by atoms with van der Waals surface area (Å²) in [6.45, 7) is 8.11. The van der Waals surface area contributed by atoms with Gasteiger partial charge in [-0.1, -0.05) is 39.0 Å². The molecule has 0 amide bonds. The third-order valence-electron chi connectivity index (χ3n) is 3.58. The first-order valence-corrected chi connectivity index (χ1v) is 7.05. The minimum Gasteiger partial charge on any atom is -0.392 e. The van der Waals surface area contributed by atoms with Gasteiger partial charge in [-0.25, -0.2) is 5.01 Å². The molecule has 0 aliphatic carbocycles. The van der Waals surface area contributed by atoms with E-state index < -0.39 is 12.3 Å². The van der Waals surface area contributed by atoms with Crippen LogP contribution in [0.25, 0.3) is 0 Å². The number of hydrogen-bond donors (Lipinski definition) is 2. The Morgan fingerprint density at radius 2 is 1.85 bits per heavy atom. The van der Waals surface area contributed by atoms with Gasteiger partial charge in [0.15, 0.2) is 6.23 Å². The van der Waals surface area contributed by atoms with Crippen molar-refractivity contribution in [1.82, 2.24) is 0 Å². The Labute approximate surface area is 120 Å². The van der Waals surface area contributed by atoms with E-state index >= 15 is 0 Å². The van der Waals surface area contributed by atoms with Crippen molar-refractivity contribution in [3.8, 4) is 0 Å². The molecule has 1 aliphatic heterocycles. The molecule has 1 aliphatic rings. The van der Waals surface area contributed by atoms with Crippen LogP contribution in [0.3, 0.4) is 0 Å². The second kappa shape index (κ2) is 5.54. The van der Waals surface area contributed by atoms with Gasteiger partial charge in [0.2, 0.25) is 0 Å². The van der Waals surface area contributed by atoms with E-state index in [1.54, 1.807) is 5.01 Å². The van der Waals surface area contributed by atoms with Crippen LogP contribution in [-0.2, 0) is 0 Å². The minimum absolute atomic E-state index is 0.0135. The van der Waals surface area contributed by atoms with Crippen LogP contribution < -0.4 is 5.01 Å². The highest BCUT2D eigenvalue weighted by molar-refractivity contribution is 5.89. The van der Waals surface area contributed by atoms with E-state index in [2.05, 4.69) is 25.9 Å². The fraction of sp³-hybridized carbons (Fsp3) is 0.562. The van der Waals surface area contributed by atoms with Crippen LogP contribution in [0.2, 0.25) is 0 Å². The number of aliphatic hydroxyl groups excluding tert-OH is 2. The normalized spacial score (nSPS) is 24.7. The molecule has 0 radical (unpaired) electrons. The molecule has 0 saturated heterocycles. The smallest absolute Gasteiger partial charge is 0.158 e. The molecular formula is C16H24N2O2. The summed E-state index contributed by atoms with van der Waals surface area (Å²) in [6.07, 6.45) is -0.776. The van der Waals surface area contributed by atoms with Gasteiger partial charge in [-0.05, 0) is 30.9 Å². The molecule has 0 bridgehead atoms. The number of anilines is 1. The lowest BCUT2D eigenvalue weighted by molar-refractivity contribution is 0.0303. The summed E-state index contributed by atoms with van der Waals surface area (Å²) in [6, 6.07) is 9.54. The zero-order chi connectivity index (χ0) is 14.9. The molecule has 2 rings (SSSR count). The number of hydrogen-bond acceptors (Lipinski definition) is 4. The maximum Gasteiger partial charge on any atom is 0.158 e. The molecule has 20 heavy (non-hydrogen) atoms. The quantitative estimate of drug-likeness (QED) is 0.892. The molecule has 0 saturated carbocycles. The van der Waals surface area contributed by atoms with E-state index in [0.717, 1.165) is 11.4 Å². The molecule has 0 fully saturated rings. The molecular weight excluding hydrogens is 252 g/mol. The monoisotopic (exact) mass is 276 g/mol. The topological polar surface area (TPSA) is 56.1 Å². The molecule has 110 valence electrons. The predicted octanol–water partition coefficient (Wildman–Crippen LogP) is 2.61. The highest BCUT2D eigenvalue weighted by Gasteiger charge is 2.40. The number of nitrogens with zero attached hydrogens (tertiary/aromatic N) is 2. The highest BCUT2D eigenvalue weighted by Crippen LogP contribution is 2.33. The molecule has 1 heterocycles. The van der Waals surface area contributed by atoms with E-state index in [1.807, 2.05) is 37.3 Å². The Balaban J connectivity index is 2.17. The number of hydrazone groups is 1. The van der Waals surface area contributed by atoms with E-state index in [-0.39, 0.29) is 11.3 Å². The number of para-hydroxylation sites is 1. The molecule has 1 aromatic rings. The fourth-order valence-corrected chi connectivity index (χ4v) is 2.69. The summed E-state index contributed by atoms with van der Waals surface area (Å²) in [5.41, 5.74) is 1.63. The van der Waals surface area contributed by atoms with Crippen LogP contribution >= 0.6 is 0 Å². The van der Waals surface area contributed by atoms with Crippen molar-refractivity contribution >= 4 is 11.4 Å². The summed E-state index contributed by atoms with van der Waals surface area (Å²) in [5.74, 6) is -0.338. The second-order valence-corrected chi connectivity index (χ2v) is 6.69. The van der Waals surface area contributed by atoms with Gasteiger partial charge in [0.25, 0.3) is 0 Å². The van der Waals surface area contributed by atoms with Crippen LogP contribution in [0, 0.1) is 11.3 Å². The maximum absolute atomic E-state index is 10.5. The summed E-state index contributed by atoms with van der Waals surface area (Å²) < 4.78 is 0. The number of rotatable bonds is 3. The summed E-state index contributed by atoms with van der Waals surface area (Å²) in [4.78, 5) is 0. The Hall–Kier alpha value is -1.39. The lowest BCUT2D eigenvalue weighted by Crippen LogP contribution is -2.41. The van der Waals surface area contributed by atoms with Crippen molar-refractivity contribution in [2.75, 3.05) is 5.01 Å². The van der Waals surface area contributed by atoms with Crippen LogP contribution in [0.1, 0.15) is 34.1 Å². The van der Waals surface area contributed by atoms with Gasteiger partial charge in [-0.3, -0.25) is 0 Å². The van der Waals surface area contributed by atoms with Gasteiger partial charge in [-0.2, -0.15) is 5.10 Å². The summed E-state index contributed by atoms with van der Waals surface area (Å²) in [5, 5.41) is 26.9. The molecule has 4 heteroatoms. The Morgan fingerprint density at radius 1 is 1.25 bits per heavy atom. The van der Waals surface area contributed by atoms with Gasteiger partial charge >= 0.3 is 0 Å². The average Bonchev–Trinajstić information content (AvgIpc) is 2.64. The zero-order valence-electron chi connectivity index (χ0n) is 12.6. The fourth-order valence-electron chi connectivity index (χ4n) is 2.69. The van der Waals surface area contributed by atoms with Crippen LogP contribution in [0.5, 0.6) is 0 Å².